The monoisotopic (exact) mass is 349 g/mol. The molecule has 25 heavy (non-hydrogen) atoms. The minimum absolute atomic E-state index is 0.0723. The zero-order valence-electron chi connectivity index (χ0n) is 13.7. The predicted octanol–water partition coefficient (Wildman–Crippen LogP) is 1.13. The Morgan fingerprint density at radius 1 is 1.60 bits per heavy atom. The van der Waals surface area contributed by atoms with Crippen molar-refractivity contribution in [3.63, 3.8) is 0 Å². The molecule has 9 nitrogen and oxygen atoms in total. The van der Waals surface area contributed by atoms with Crippen LogP contribution in [-0.4, -0.2) is 48.0 Å². The van der Waals surface area contributed by atoms with Crippen LogP contribution in [-0.2, 0) is 9.57 Å². The number of ether oxygens (including phenoxy) is 1. The number of methoxy groups -OCH3 is 1. The third kappa shape index (κ3) is 3.09. The molecule has 9 heteroatoms. The molecule has 1 aliphatic carbocycles. The lowest BCUT2D eigenvalue weighted by atomic mass is 9.93. The average Bonchev–Trinajstić information content (AvgIpc) is 2.66. The maximum absolute atomic E-state index is 12.0. The first kappa shape index (κ1) is 17.3. The van der Waals surface area contributed by atoms with E-state index in [0.717, 1.165) is 6.42 Å². The van der Waals surface area contributed by atoms with Crippen molar-refractivity contribution in [2.75, 3.05) is 25.3 Å². The van der Waals surface area contributed by atoms with Crippen LogP contribution in [0.5, 0.6) is 0 Å². The molecule has 0 saturated carbocycles. The molecule has 1 aromatic rings. The van der Waals surface area contributed by atoms with Gasteiger partial charge < -0.3 is 15.2 Å². The standard InChI is InChI=1S/C16H19N3O6/c1-24-16-6-4-12(5-7-16)25-18(16)13-3-2-11(10-14(13)19(22)23)15(21)17-8-9-20/h2-4,6,10,12,20H,5,7-9H2,1H3,(H,17,21). The molecule has 2 N–H and O–H groups in total. The summed E-state index contributed by atoms with van der Waals surface area (Å²) in [5.41, 5.74) is -0.804. The number of aliphatic hydroxyl groups is 1. The fraction of sp³-hybridized carbons (Fsp3) is 0.438. The molecule has 2 unspecified atom stereocenters. The number of amides is 1. The first-order valence-corrected chi connectivity index (χ1v) is 7.90. The Labute approximate surface area is 143 Å². The number of rotatable bonds is 6. The number of nitro benzene ring substituents is 1. The van der Waals surface area contributed by atoms with Crippen molar-refractivity contribution in [2.24, 2.45) is 0 Å². The third-order valence-corrected chi connectivity index (χ3v) is 4.35. The van der Waals surface area contributed by atoms with Gasteiger partial charge in [0.1, 0.15) is 11.8 Å². The van der Waals surface area contributed by atoms with Gasteiger partial charge >= 0.3 is 0 Å². The summed E-state index contributed by atoms with van der Waals surface area (Å²) in [5.74, 6) is -0.494. The molecule has 1 amide bonds. The van der Waals surface area contributed by atoms with Crippen molar-refractivity contribution < 1.29 is 24.4 Å². The Kier molecular flexibility index (Phi) is 4.71. The SMILES string of the molecule is COC12C=CC(CC1)ON2c1ccc(C(=O)NCCO)cc1[N+](=O)[O-]. The molecule has 2 atom stereocenters. The lowest BCUT2D eigenvalue weighted by Gasteiger charge is -2.49. The highest BCUT2D eigenvalue weighted by Gasteiger charge is 2.47. The Hall–Kier alpha value is -2.49. The van der Waals surface area contributed by atoms with Crippen LogP contribution in [0.4, 0.5) is 11.4 Å². The van der Waals surface area contributed by atoms with E-state index in [-0.39, 0.29) is 36.2 Å². The lowest BCUT2D eigenvalue weighted by Crippen LogP contribution is -2.57. The number of hydrogen-bond donors (Lipinski definition) is 2. The van der Waals surface area contributed by atoms with E-state index in [1.165, 1.54) is 30.4 Å². The van der Waals surface area contributed by atoms with Crippen LogP contribution in [0.3, 0.4) is 0 Å². The van der Waals surface area contributed by atoms with Crippen LogP contribution in [0.1, 0.15) is 23.2 Å². The molecule has 2 bridgehead atoms. The summed E-state index contributed by atoms with van der Waals surface area (Å²) >= 11 is 0. The van der Waals surface area contributed by atoms with Crippen molar-refractivity contribution in [2.45, 2.75) is 24.7 Å². The van der Waals surface area contributed by atoms with Gasteiger partial charge in [0.15, 0.2) is 5.72 Å². The molecule has 4 rings (SSSR count). The van der Waals surface area contributed by atoms with Gasteiger partial charge in [-0.15, -0.1) is 0 Å². The van der Waals surface area contributed by atoms with Crippen molar-refractivity contribution in [3.05, 3.63) is 46.0 Å². The van der Waals surface area contributed by atoms with Crippen LogP contribution in [0.25, 0.3) is 0 Å². The Morgan fingerprint density at radius 3 is 3.00 bits per heavy atom. The summed E-state index contributed by atoms with van der Waals surface area (Å²) in [6.45, 7) is -0.138. The minimum atomic E-state index is -0.903. The number of carbonyl (C=O) groups is 1. The zero-order valence-corrected chi connectivity index (χ0v) is 13.7. The van der Waals surface area contributed by atoms with E-state index in [0.29, 0.717) is 6.42 Å². The predicted molar refractivity (Wildman–Crippen MR) is 88.0 cm³/mol. The molecule has 0 spiro atoms. The molecule has 2 aliphatic heterocycles. The fourth-order valence-corrected chi connectivity index (χ4v) is 3.04. The fourth-order valence-electron chi connectivity index (χ4n) is 3.04. The first-order chi connectivity index (χ1) is 12.0. The quantitative estimate of drug-likeness (QED) is 0.449. The van der Waals surface area contributed by atoms with Crippen LogP contribution in [0.2, 0.25) is 0 Å². The summed E-state index contributed by atoms with van der Waals surface area (Å²) in [7, 11) is 1.52. The molecule has 1 saturated heterocycles. The lowest BCUT2D eigenvalue weighted by molar-refractivity contribution is -0.384. The highest BCUT2D eigenvalue weighted by atomic mass is 16.7. The van der Waals surface area contributed by atoms with Gasteiger partial charge in [-0.25, -0.2) is 5.06 Å². The molecule has 0 radical (unpaired) electrons. The maximum atomic E-state index is 12.0. The smallest absolute Gasteiger partial charge is 0.295 e. The molecule has 0 aromatic heterocycles. The molecule has 2 heterocycles. The van der Waals surface area contributed by atoms with E-state index in [4.69, 9.17) is 14.7 Å². The third-order valence-electron chi connectivity index (χ3n) is 4.35. The van der Waals surface area contributed by atoms with Crippen molar-refractivity contribution >= 4 is 17.3 Å². The van der Waals surface area contributed by atoms with Gasteiger partial charge in [-0.1, -0.05) is 6.08 Å². The topological polar surface area (TPSA) is 114 Å². The number of nitro groups is 1. The van der Waals surface area contributed by atoms with Gasteiger partial charge in [0.2, 0.25) is 0 Å². The summed E-state index contributed by atoms with van der Waals surface area (Å²) < 4.78 is 5.58. The number of hydroxylamine groups is 1. The van der Waals surface area contributed by atoms with Crippen molar-refractivity contribution in [1.29, 1.82) is 0 Å². The molecule has 1 aromatic carbocycles. The molecule has 3 aliphatic rings. The summed E-state index contributed by atoms with van der Waals surface area (Å²) in [6, 6.07) is 4.15. The zero-order chi connectivity index (χ0) is 18.0. The van der Waals surface area contributed by atoms with Crippen LogP contribution in [0.15, 0.2) is 30.4 Å². The van der Waals surface area contributed by atoms with E-state index >= 15 is 0 Å². The number of anilines is 1. The Bertz CT molecular complexity index is 722. The summed E-state index contributed by atoms with van der Waals surface area (Å²) in [6.07, 6.45) is 4.96. The second kappa shape index (κ2) is 6.79. The average molecular weight is 349 g/mol. The van der Waals surface area contributed by atoms with E-state index in [1.54, 1.807) is 0 Å². The van der Waals surface area contributed by atoms with E-state index in [1.807, 2.05) is 12.2 Å². The normalized spacial score (nSPS) is 24.4. The number of hydrogen-bond acceptors (Lipinski definition) is 7. The van der Waals surface area contributed by atoms with Crippen LogP contribution < -0.4 is 10.4 Å². The van der Waals surface area contributed by atoms with Crippen LogP contribution in [0, 0.1) is 10.1 Å². The van der Waals surface area contributed by atoms with Gasteiger partial charge in [-0.2, -0.15) is 0 Å². The van der Waals surface area contributed by atoms with Gasteiger partial charge in [0.25, 0.3) is 11.6 Å². The number of benzene rings is 1. The maximum Gasteiger partial charge on any atom is 0.295 e. The van der Waals surface area contributed by atoms with Crippen LogP contribution >= 0.6 is 0 Å². The number of fused-ring (bicyclic) bond motifs is 2. The number of nitrogens with one attached hydrogen (secondary N) is 1. The molecule has 1 fully saturated rings. The Balaban J connectivity index is 1.98. The van der Waals surface area contributed by atoms with Gasteiger partial charge in [-0.05, 0) is 24.6 Å². The summed E-state index contributed by atoms with van der Waals surface area (Å²) in [4.78, 5) is 28.8. The second-order valence-corrected chi connectivity index (χ2v) is 5.83. The highest BCUT2D eigenvalue weighted by Crippen LogP contribution is 2.43. The largest absolute Gasteiger partial charge is 0.395 e. The summed E-state index contributed by atoms with van der Waals surface area (Å²) in [5, 5.41) is 24.2. The van der Waals surface area contributed by atoms with Gasteiger partial charge in [0, 0.05) is 31.7 Å². The van der Waals surface area contributed by atoms with E-state index < -0.39 is 16.6 Å². The van der Waals surface area contributed by atoms with Crippen molar-refractivity contribution in [3.8, 4) is 0 Å². The second-order valence-electron chi connectivity index (χ2n) is 5.83. The Morgan fingerprint density at radius 2 is 2.40 bits per heavy atom. The van der Waals surface area contributed by atoms with E-state index in [9.17, 15) is 14.9 Å². The van der Waals surface area contributed by atoms with Gasteiger partial charge in [-0.3, -0.25) is 19.7 Å². The molecular formula is C16H19N3O6. The number of carbonyl (C=O) groups excluding carboxylic acids is 1. The van der Waals surface area contributed by atoms with E-state index in [2.05, 4.69) is 5.32 Å². The number of aliphatic hydroxyl groups excluding tert-OH is 1. The minimum Gasteiger partial charge on any atom is -0.395 e. The van der Waals surface area contributed by atoms with Crippen molar-refractivity contribution in [1.82, 2.24) is 5.32 Å². The molecule has 134 valence electrons. The first-order valence-electron chi connectivity index (χ1n) is 7.90. The number of nitrogens with zero attached hydrogens (tertiary/aromatic N) is 2. The molecular weight excluding hydrogens is 330 g/mol. The highest BCUT2D eigenvalue weighted by molar-refractivity contribution is 5.95. The van der Waals surface area contributed by atoms with Gasteiger partial charge in [0.05, 0.1) is 11.5 Å².